The minimum atomic E-state index is -0.554. The molecule has 4 rings (SSSR count). The van der Waals surface area contributed by atoms with Gasteiger partial charge in [-0.05, 0) is 47.5 Å². The number of hydrogen-bond acceptors (Lipinski definition) is 5. The summed E-state index contributed by atoms with van der Waals surface area (Å²) < 4.78 is 11.7. The van der Waals surface area contributed by atoms with Crippen LogP contribution >= 0.6 is 0 Å². The highest BCUT2D eigenvalue weighted by Gasteiger charge is 2.20. The summed E-state index contributed by atoms with van der Waals surface area (Å²) in [5, 5.41) is 18.3. The van der Waals surface area contributed by atoms with Crippen molar-refractivity contribution in [2.75, 3.05) is 0 Å². The quantitative estimate of drug-likeness (QED) is 0.342. The fourth-order valence-corrected chi connectivity index (χ4v) is 3.36. The van der Waals surface area contributed by atoms with Crippen LogP contribution < -0.4 is 4.74 Å². The smallest absolute Gasteiger partial charge is 0.339 e. The maximum absolute atomic E-state index is 13.0. The standard InChI is InChI=1S/C28H18N2O3/c29-18-23-14-15-26(17-24(23)19-30)32-25-13-7-12-22(16-25)28(31)33-27(20-8-3-1-4-9-20)21-10-5-2-6-11-21/h1-17,27H. The van der Waals surface area contributed by atoms with Gasteiger partial charge in [0.25, 0.3) is 0 Å². The van der Waals surface area contributed by atoms with E-state index < -0.39 is 12.1 Å². The van der Waals surface area contributed by atoms with Crippen LogP contribution in [0.1, 0.15) is 38.7 Å². The zero-order chi connectivity index (χ0) is 23.0. The van der Waals surface area contributed by atoms with Crippen LogP contribution in [0.3, 0.4) is 0 Å². The first-order valence-corrected chi connectivity index (χ1v) is 10.2. The van der Waals surface area contributed by atoms with Crippen molar-refractivity contribution in [3.8, 4) is 23.6 Å². The molecule has 0 aliphatic heterocycles. The Morgan fingerprint density at radius 2 is 1.27 bits per heavy atom. The molecule has 0 aliphatic rings. The molecule has 0 atom stereocenters. The third-order valence-electron chi connectivity index (χ3n) is 4.97. The van der Waals surface area contributed by atoms with Gasteiger partial charge < -0.3 is 9.47 Å². The van der Waals surface area contributed by atoms with Crippen molar-refractivity contribution in [2.45, 2.75) is 6.10 Å². The molecule has 0 heterocycles. The van der Waals surface area contributed by atoms with Crippen LogP contribution in [-0.4, -0.2) is 5.97 Å². The molecule has 0 amide bonds. The van der Waals surface area contributed by atoms with E-state index in [0.717, 1.165) is 11.1 Å². The number of rotatable bonds is 6. The molecule has 0 aliphatic carbocycles. The van der Waals surface area contributed by atoms with Gasteiger partial charge >= 0.3 is 5.97 Å². The highest BCUT2D eigenvalue weighted by Crippen LogP contribution is 2.29. The second-order valence-corrected chi connectivity index (χ2v) is 7.17. The lowest BCUT2D eigenvalue weighted by Crippen LogP contribution is -2.13. The normalized spacial score (nSPS) is 10.2. The molecule has 0 saturated heterocycles. The van der Waals surface area contributed by atoms with E-state index in [0.29, 0.717) is 17.1 Å². The molecule has 0 radical (unpaired) electrons. The fraction of sp³-hybridized carbons (Fsp3) is 0.0357. The van der Waals surface area contributed by atoms with Crippen LogP contribution in [-0.2, 0) is 4.74 Å². The third-order valence-corrected chi connectivity index (χ3v) is 4.97. The predicted octanol–water partition coefficient (Wildman–Crippen LogP) is 6.17. The van der Waals surface area contributed by atoms with Crippen molar-refractivity contribution in [1.82, 2.24) is 0 Å². The molecule has 0 N–H and O–H groups in total. The minimum absolute atomic E-state index is 0.221. The average Bonchev–Trinajstić information content (AvgIpc) is 2.88. The molecular weight excluding hydrogens is 412 g/mol. The molecular formula is C28H18N2O3. The van der Waals surface area contributed by atoms with Crippen molar-refractivity contribution in [1.29, 1.82) is 10.5 Å². The van der Waals surface area contributed by atoms with E-state index in [4.69, 9.17) is 14.7 Å². The van der Waals surface area contributed by atoms with Gasteiger partial charge in [0.2, 0.25) is 0 Å². The molecule has 4 aromatic rings. The van der Waals surface area contributed by atoms with Crippen LogP contribution in [0.5, 0.6) is 11.5 Å². The Bertz CT molecular complexity index is 1310. The van der Waals surface area contributed by atoms with Gasteiger partial charge in [0.15, 0.2) is 6.10 Å². The molecule has 5 heteroatoms. The Morgan fingerprint density at radius 3 is 1.88 bits per heavy atom. The Balaban J connectivity index is 1.57. The van der Waals surface area contributed by atoms with Crippen molar-refractivity contribution >= 4 is 5.97 Å². The van der Waals surface area contributed by atoms with Gasteiger partial charge in [-0.15, -0.1) is 0 Å². The van der Waals surface area contributed by atoms with E-state index in [9.17, 15) is 10.1 Å². The largest absolute Gasteiger partial charge is 0.457 e. The summed E-state index contributed by atoms with van der Waals surface area (Å²) in [6.07, 6.45) is -0.554. The van der Waals surface area contributed by atoms with Crippen molar-refractivity contribution in [3.63, 3.8) is 0 Å². The van der Waals surface area contributed by atoms with Crippen LogP contribution in [0.25, 0.3) is 0 Å². The number of hydrogen-bond donors (Lipinski definition) is 0. The monoisotopic (exact) mass is 430 g/mol. The first-order valence-electron chi connectivity index (χ1n) is 10.2. The molecule has 0 fully saturated rings. The lowest BCUT2D eigenvalue weighted by molar-refractivity contribution is 0.0377. The second kappa shape index (κ2) is 9.96. The van der Waals surface area contributed by atoms with E-state index in [1.807, 2.05) is 72.8 Å². The summed E-state index contributed by atoms with van der Waals surface area (Å²) in [6.45, 7) is 0. The van der Waals surface area contributed by atoms with Crippen molar-refractivity contribution in [2.24, 2.45) is 0 Å². The summed E-state index contributed by atoms with van der Waals surface area (Å²) in [5.74, 6) is 0.312. The van der Waals surface area contributed by atoms with Crippen molar-refractivity contribution in [3.05, 3.63) is 131 Å². The van der Waals surface area contributed by atoms with Gasteiger partial charge in [0.1, 0.15) is 23.6 Å². The van der Waals surface area contributed by atoms with E-state index in [1.54, 1.807) is 30.3 Å². The van der Waals surface area contributed by atoms with Gasteiger partial charge in [-0.1, -0.05) is 66.7 Å². The summed E-state index contributed by atoms with van der Waals surface area (Å²) in [4.78, 5) is 13.0. The molecule has 0 aromatic heterocycles. The third kappa shape index (κ3) is 5.07. The zero-order valence-electron chi connectivity index (χ0n) is 17.5. The van der Waals surface area contributed by atoms with E-state index in [2.05, 4.69) is 0 Å². The number of benzene rings is 4. The molecule has 0 unspecified atom stereocenters. The maximum Gasteiger partial charge on any atom is 0.339 e. The molecule has 0 bridgehead atoms. The van der Waals surface area contributed by atoms with E-state index in [-0.39, 0.29) is 11.1 Å². The molecule has 4 aromatic carbocycles. The average molecular weight is 430 g/mol. The van der Waals surface area contributed by atoms with Gasteiger partial charge in [-0.2, -0.15) is 10.5 Å². The van der Waals surface area contributed by atoms with Gasteiger partial charge in [0, 0.05) is 0 Å². The SMILES string of the molecule is N#Cc1ccc(Oc2cccc(C(=O)OC(c3ccccc3)c3ccccc3)c2)cc1C#N. The first kappa shape index (κ1) is 21.4. The van der Waals surface area contributed by atoms with Gasteiger partial charge in [-0.25, -0.2) is 4.79 Å². The van der Waals surface area contributed by atoms with Crippen molar-refractivity contribution < 1.29 is 14.3 Å². The summed E-state index contributed by atoms with van der Waals surface area (Å²) in [7, 11) is 0. The zero-order valence-corrected chi connectivity index (χ0v) is 17.5. The molecule has 158 valence electrons. The van der Waals surface area contributed by atoms with Crippen LogP contribution in [0.4, 0.5) is 0 Å². The lowest BCUT2D eigenvalue weighted by Gasteiger charge is -2.19. The number of nitrogens with zero attached hydrogens (tertiary/aromatic N) is 2. The summed E-state index contributed by atoms with van der Waals surface area (Å²) in [5.41, 5.74) is 2.56. The van der Waals surface area contributed by atoms with E-state index in [1.165, 1.54) is 12.1 Å². The number of carbonyl (C=O) groups excluding carboxylic acids is 1. The molecule has 0 spiro atoms. The minimum Gasteiger partial charge on any atom is -0.457 e. The van der Waals surface area contributed by atoms with Crippen LogP contribution in [0.15, 0.2) is 103 Å². The predicted molar refractivity (Wildman–Crippen MR) is 123 cm³/mol. The highest BCUT2D eigenvalue weighted by molar-refractivity contribution is 5.90. The van der Waals surface area contributed by atoms with Gasteiger partial charge in [0.05, 0.1) is 16.7 Å². The van der Waals surface area contributed by atoms with Crippen LogP contribution in [0.2, 0.25) is 0 Å². The highest BCUT2D eigenvalue weighted by atomic mass is 16.5. The topological polar surface area (TPSA) is 83.1 Å². The Morgan fingerprint density at radius 1 is 0.667 bits per heavy atom. The Labute approximate surface area is 191 Å². The second-order valence-electron chi connectivity index (χ2n) is 7.17. The fourth-order valence-electron chi connectivity index (χ4n) is 3.36. The number of carbonyl (C=O) groups is 1. The molecule has 5 nitrogen and oxygen atoms in total. The first-order chi connectivity index (χ1) is 16.2. The number of nitriles is 2. The molecule has 0 saturated carbocycles. The molecule has 33 heavy (non-hydrogen) atoms. The Kier molecular flexibility index (Phi) is 6.45. The summed E-state index contributed by atoms with van der Waals surface area (Å²) in [6, 6.07) is 34.3. The van der Waals surface area contributed by atoms with Gasteiger partial charge in [-0.3, -0.25) is 0 Å². The number of esters is 1. The lowest BCUT2D eigenvalue weighted by atomic mass is 10.0. The van der Waals surface area contributed by atoms with E-state index >= 15 is 0 Å². The number of ether oxygens (including phenoxy) is 2. The van der Waals surface area contributed by atoms with Crippen LogP contribution in [0, 0.1) is 22.7 Å². The maximum atomic E-state index is 13.0. The summed E-state index contributed by atoms with van der Waals surface area (Å²) >= 11 is 0. The Hall–Kier alpha value is -4.87.